The number of nitrogens with one attached hydrogen (secondary N) is 1. The van der Waals surface area contributed by atoms with E-state index in [0.717, 1.165) is 13.0 Å². The molecule has 2 heteroatoms. The highest BCUT2D eigenvalue weighted by Gasteiger charge is 2.19. The first-order chi connectivity index (χ1) is 4.54. The van der Waals surface area contributed by atoms with Gasteiger partial charge in [0.25, 0.3) is 0 Å². The van der Waals surface area contributed by atoms with Crippen molar-refractivity contribution in [1.82, 2.24) is 10.4 Å². The van der Waals surface area contributed by atoms with Crippen LogP contribution in [0.3, 0.4) is 0 Å². The summed E-state index contributed by atoms with van der Waals surface area (Å²) in [6.07, 6.45) is 1.16. The predicted octanol–water partition coefficient (Wildman–Crippen LogP) is 1.63. The van der Waals surface area contributed by atoms with Gasteiger partial charge in [-0.25, -0.2) is 5.01 Å². The molecule has 0 aliphatic carbocycles. The van der Waals surface area contributed by atoms with Crippen molar-refractivity contribution in [1.29, 1.82) is 0 Å². The second-order valence-electron chi connectivity index (χ2n) is 3.24. The minimum absolute atomic E-state index is 0.274. The van der Waals surface area contributed by atoms with E-state index in [1.54, 1.807) is 0 Å². The predicted molar refractivity (Wildman–Crippen MR) is 45.8 cm³/mol. The molecule has 0 aromatic heterocycles. The van der Waals surface area contributed by atoms with Gasteiger partial charge in [-0.1, -0.05) is 13.8 Å². The average Bonchev–Trinajstić information content (AvgIpc) is 1.89. The zero-order valence-electron chi connectivity index (χ0n) is 7.86. The van der Waals surface area contributed by atoms with Crippen LogP contribution in [0.4, 0.5) is 0 Å². The molecule has 0 aromatic rings. The zero-order valence-corrected chi connectivity index (χ0v) is 7.86. The summed E-state index contributed by atoms with van der Waals surface area (Å²) in [6, 6.07) is 0. The fourth-order valence-corrected chi connectivity index (χ4v) is 0.688. The van der Waals surface area contributed by atoms with Gasteiger partial charge in [-0.05, 0) is 20.3 Å². The third kappa shape index (κ3) is 2.67. The second kappa shape index (κ2) is 3.94. The van der Waals surface area contributed by atoms with E-state index in [-0.39, 0.29) is 5.54 Å². The van der Waals surface area contributed by atoms with Crippen LogP contribution >= 0.6 is 0 Å². The maximum absolute atomic E-state index is 3.27. The van der Waals surface area contributed by atoms with E-state index in [1.165, 1.54) is 0 Å². The molecule has 0 unspecified atom stereocenters. The molecule has 0 saturated carbocycles. The number of rotatable bonds is 4. The fraction of sp³-hybridized carbons (Fsp3) is 1.00. The Hall–Kier alpha value is -0.0800. The molecule has 10 heavy (non-hydrogen) atoms. The minimum atomic E-state index is 0.274. The summed E-state index contributed by atoms with van der Waals surface area (Å²) in [5.74, 6) is 0. The van der Waals surface area contributed by atoms with Crippen molar-refractivity contribution in [2.75, 3.05) is 13.6 Å². The van der Waals surface area contributed by atoms with Crippen molar-refractivity contribution in [2.24, 2.45) is 0 Å². The van der Waals surface area contributed by atoms with Crippen LogP contribution in [0.1, 0.15) is 34.1 Å². The maximum Gasteiger partial charge on any atom is 0.0292 e. The highest BCUT2D eigenvalue weighted by Crippen LogP contribution is 2.13. The van der Waals surface area contributed by atoms with E-state index in [4.69, 9.17) is 0 Å². The van der Waals surface area contributed by atoms with Gasteiger partial charge in [0.15, 0.2) is 0 Å². The molecule has 0 amide bonds. The molecule has 0 fully saturated rings. The summed E-state index contributed by atoms with van der Waals surface area (Å²) in [5.41, 5.74) is 3.54. The molecule has 2 nitrogen and oxygen atoms in total. The second-order valence-corrected chi connectivity index (χ2v) is 3.24. The number of hydrogen-bond acceptors (Lipinski definition) is 2. The molecule has 0 spiro atoms. The number of hydrazine groups is 1. The minimum Gasteiger partial charge on any atom is -0.255 e. The number of nitrogens with zero attached hydrogens (tertiary/aromatic N) is 1. The standard InChI is InChI=1S/C8H20N2/c1-6-8(3,4)10(5)9-7-2/h9H,6-7H2,1-5H3. The quantitative estimate of drug-likeness (QED) is 0.603. The van der Waals surface area contributed by atoms with Crippen LogP contribution in [0, 0.1) is 0 Å². The molecule has 0 aliphatic rings. The molecule has 0 aliphatic heterocycles. The Morgan fingerprint density at radius 2 is 1.80 bits per heavy atom. The Balaban J connectivity index is 3.78. The van der Waals surface area contributed by atoms with Crippen molar-refractivity contribution >= 4 is 0 Å². The lowest BCUT2D eigenvalue weighted by atomic mass is 10.0. The molecule has 0 heterocycles. The van der Waals surface area contributed by atoms with Gasteiger partial charge >= 0.3 is 0 Å². The summed E-state index contributed by atoms with van der Waals surface area (Å²) in [5, 5.41) is 2.17. The van der Waals surface area contributed by atoms with Gasteiger partial charge in [-0.3, -0.25) is 5.43 Å². The van der Waals surface area contributed by atoms with Gasteiger partial charge < -0.3 is 0 Å². The van der Waals surface area contributed by atoms with Crippen molar-refractivity contribution < 1.29 is 0 Å². The van der Waals surface area contributed by atoms with Gasteiger partial charge in [0.2, 0.25) is 0 Å². The van der Waals surface area contributed by atoms with Gasteiger partial charge in [0, 0.05) is 19.1 Å². The largest absolute Gasteiger partial charge is 0.255 e. The lowest BCUT2D eigenvalue weighted by Gasteiger charge is -2.34. The molecular formula is C8H20N2. The van der Waals surface area contributed by atoms with Crippen LogP contribution in [0.5, 0.6) is 0 Å². The molecule has 0 saturated heterocycles. The first-order valence-corrected chi connectivity index (χ1v) is 4.02. The monoisotopic (exact) mass is 144 g/mol. The van der Waals surface area contributed by atoms with E-state index in [9.17, 15) is 0 Å². The van der Waals surface area contributed by atoms with Crippen LogP contribution in [-0.2, 0) is 0 Å². The Bertz CT molecular complexity index is 89.3. The molecule has 1 N–H and O–H groups in total. The Morgan fingerprint density at radius 3 is 2.10 bits per heavy atom. The first kappa shape index (κ1) is 9.92. The van der Waals surface area contributed by atoms with Gasteiger partial charge in [-0.2, -0.15) is 0 Å². The Kier molecular flexibility index (Phi) is 3.91. The molecule has 0 rings (SSSR count). The SMILES string of the molecule is CCNN(C)C(C)(C)CC. The molecule has 0 bridgehead atoms. The average molecular weight is 144 g/mol. The van der Waals surface area contributed by atoms with Crippen LogP contribution in [0.15, 0.2) is 0 Å². The molecule has 0 radical (unpaired) electrons. The third-order valence-corrected chi connectivity index (χ3v) is 2.17. The van der Waals surface area contributed by atoms with E-state index in [2.05, 4.69) is 45.2 Å². The molecule has 62 valence electrons. The van der Waals surface area contributed by atoms with Crippen LogP contribution < -0.4 is 5.43 Å². The van der Waals surface area contributed by atoms with Crippen molar-refractivity contribution in [3.05, 3.63) is 0 Å². The first-order valence-electron chi connectivity index (χ1n) is 4.02. The summed E-state index contributed by atoms with van der Waals surface area (Å²) >= 11 is 0. The van der Waals surface area contributed by atoms with Crippen LogP contribution in [-0.4, -0.2) is 24.1 Å². The van der Waals surface area contributed by atoms with Crippen LogP contribution in [0.25, 0.3) is 0 Å². The molecular weight excluding hydrogens is 124 g/mol. The molecule has 0 aromatic carbocycles. The van der Waals surface area contributed by atoms with E-state index < -0.39 is 0 Å². The molecule has 0 atom stereocenters. The highest BCUT2D eigenvalue weighted by molar-refractivity contribution is 4.73. The third-order valence-electron chi connectivity index (χ3n) is 2.17. The van der Waals surface area contributed by atoms with Gasteiger partial charge in [0.1, 0.15) is 0 Å². The lowest BCUT2D eigenvalue weighted by molar-refractivity contribution is 0.0915. The topological polar surface area (TPSA) is 15.3 Å². The summed E-state index contributed by atoms with van der Waals surface area (Å²) in [6.45, 7) is 9.78. The summed E-state index contributed by atoms with van der Waals surface area (Å²) in [7, 11) is 2.09. The van der Waals surface area contributed by atoms with Crippen LogP contribution in [0.2, 0.25) is 0 Å². The van der Waals surface area contributed by atoms with E-state index in [1.807, 2.05) is 0 Å². The van der Waals surface area contributed by atoms with Gasteiger partial charge in [-0.15, -0.1) is 0 Å². The van der Waals surface area contributed by atoms with Crippen molar-refractivity contribution in [2.45, 2.75) is 39.7 Å². The summed E-state index contributed by atoms with van der Waals surface area (Å²) < 4.78 is 0. The number of hydrogen-bond donors (Lipinski definition) is 1. The summed E-state index contributed by atoms with van der Waals surface area (Å²) in [4.78, 5) is 0. The van der Waals surface area contributed by atoms with Crippen molar-refractivity contribution in [3.63, 3.8) is 0 Å². The normalized spacial score (nSPS) is 12.6. The Labute approximate surface area is 64.6 Å². The van der Waals surface area contributed by atoms with E-state index in [0.29, 0.717) is 0 Å². The van der Waals surface area contributed by atoms with E-state index >= 15 is 0 Å². The Morgan fingerprint density at radius 1 is 1.30 bits per heavy atom. The van der Waals surface area contributed by atoms with Gasteiger partial charge in [0.05, 0.1) is 0 Å². The maximum atomic E-state index is 3.27. The zero-order chi connectivity index (χ0) is 8.20. The smallest absolute Gasteiger partial charge is 0.0292 e. The highest BCUT2D eigenvalue weighted by atomic mass is 15.5. The van der Waals surface area contributed by atoms with Crippen molar-refractivity contribution in [3.8, 4) is 0 Å². The lowest BCUT2D eigenvalue weighted by Crippen LogP contribution is -2.48. The fourth-order valence-electron chi connectivity index (χ4n) is 0.688.